The Balaban J connectivity index is 2.10. The van der Waals surface area contributed by atoms with E-state index in [9.17, 15) is 0 Å². The molecule has 18 heavy (non-hydrogen) atoms. The number of thiocarbonyl (C=S) groups is 1. The first-order valence-electron chi connectivity index (χ1n) is 5.66. The van der Waals surface area contributed by atoms with Crippen LogP contribution < -0.4 is 10.2 Å². The minimum Gasteiger partial charge on any atom is -0.378 e. The van der Waals surface area contributed by atoms with Crippen LogP contribution in [-0.4, -0.2) is 24.1 Å². The SMILES string of the molecule is CN(C)c1ccc(C(=S)Nc2ccccn2)cc1. The van der Waals surface area contributed by atoms with Gasteiger partial charge >= 0.3 is 0 Å². The van der Waals surface area contributed by atoms with Gasteiger partial charge in [-0.3, -0.25) is 0 Å². The molecule has 1 aromatic heterocycles. The van der Waals surface area contributed by atoms with E-state index in [0.717, 1.165) is 17.1 Å². The summed E-state index contributed by atoms with van der Waals surface area (Å²) in [4.78, 5) is 6.92. The van der Waals surface area contributed by atoms with E-state index in [-0.39, 0.29) is 0 Å². The van der Waals surface area contributed by atoms with Gasteiger partial charge in [0.2, 0.25) is 0 Å². The number of hydrogen-bond acceptors (Lipinski definition) is 3. The van der Waals surface area contributed by atoms with Crippen LogP contribution in [0.1, 0.15) is 5.56 Å². The van der Waals surface area contributed by atoms with Crippen molar-refractivity contribution in [1.82, 2.24) is 4.98 Å². The highest BCUT2D eigenvalue weighted by Gasteiger charge is 2.02. The van der Waals surface area contributed by atoms with Crippen LogP contribution >= 0.6 is 12.2 Å². The smallest absolute Gasteiger partial charge is 0.130 e. The number of aromatic nitrogens is 1. The van der Waals surface area contributed by atoms with E-state index >= 15 is 0 Å². The van der Waals surface area contributed by atoms with Gasteiger partial charge in [0.15, 0.2) is 0 Å². The fourth-order valence-electron chi connectivity index (χ4n) is 1.54. The van der Waals surface area contributed by atoms with Gasteiger partial charge in [-0.2, -0.15) is 0 Å². The maximum absolute atomic E-state index is 5.35. The zero-order chi connectivity index (χ0) is 13.0. The van der Waals surface area contributed by atoms with E-state index in [2.05, 4.69) is 15.2 Å². The summed E-state index contributed by atoms with van der Waals surface area (Å²) < 4.78 is 0. The summed E-state index contributed by atoms with van der Waals surface area (Å²) >= 11 is 5.35. The molecule has 0 aliphatic heterocycles. The molecule has 0 spiro atoms. The minimum absolute atomic E-state index is 0.680. The average Bonchev–Trinajstić information content (AvgIpc) is 2.40. The number of rotatable bonds is 3. The molecule has 0 radical (unpaired) electrons. The van der Waals surface area contributed by atoms with Crippen LogP contribution in [0.15, 0.2) is 48.7 Å². The van der Waals surface area contributed by atoms with Crippen LogP contribution in [-0.2, 0) is 0 Å². The molecule has 92 valence electrons. The van der Waals surface area contributed by atoms with E-state index < -0.39 is 0 Å². The van der Waals surface area contributed by atoms with Crippen molar-refractivity contribution < 1.29 is 0 Å². The Morgan fingerprint density at radius 1 is 1.11 bits per heavy atom. The third kappa shape index (κ3) is 3.05. The van der Waals surface area contributed by atoms with Crippen LogP contribution in [0.2, 0.25) is 0 Å². The van der Waals surface area contributed by atoms with Crippen molar-refractivity contribution in [2.45, 2.75) is 0 Å². The Hall–Kier alpha value is -1.94. The average molecular weight is 257 g/mol. The van der Waals surface area contributed by atoms with Crippen molar-refractivity contribution in [1.29, 1.82) is 0 Å². The van der Waals surface area contributed by atoms with Gasteiger partial charge in [0, 0.05) is 31.5 Å². The molecule has 1 N–H and O–H groups in total. The number of pyridine rings is 1. The lowest BCUT2D eigenvalue weighted by atomic mass is 10.2. The van der Waals surface area contributed by atoms with Crippen LogP contribution in [0.5, 0.6) is 0 Å². The Morgan fingerprint density at radius 2 is 1.83 bits per heavy atom. The number of hydrogen-bond donors (Lipinski definition) is 1. The van der Waals surface area contributed by atoms with Gasteiger partial charge in [0.25, 0.3) is 0 Å². The predicted octanol–water partition coefficient (Wildman–Crippen LogP) is 2.94. The molecule has 0 aliphatic rings. The second kappa shape index (κ2) is 5.60. The first-order valence-corrected chi connectivity index (χ1v) is 6.07. The molecule has 0 atom stereocenters. The monoisotopic (exact) mass is 257 g/mol. The van der Waals surface area contributed by atoms with E-state index in [4.69, 9.17) is 12.2 Å². The number of nitrogens with one attached hydrogen (secondary N) is 1. The Labute approximate surface area is 112 Å². The van der Waals surface area contributed by atoms with Gasteiger partial charge in [-0.05, 0) is 36.4 Å². The van der Waals surface area contributed by atoms with Gasteiger partial charge in [-0.15, -0.1) is 0 Å². The lowest BCUT2D eigenvalue weighted by Gasteiger charge is -2.13. The van der Waals surface area contributed by atoms with Crippen LogP contribution in [0.3, 0.4) is 0 Å². The molecule has 0 fully saturated rings. The highest BCUT2D eigenvalue weighted by molar-refractivity contribution is 7.81. The second-order valence-corrected chi connectivity index (χ2v) is 4.52. The zero-order valence-corrected chi connectivity index (χ0v) is 11.2. The summed E-state index contributed by atoms with van der Waals surface area (Å²) in [6, 6.07) is 13.8. The third-order valence-electron chi connectivity index (χ3n) is 2.55. The van der Waals surface area contributed by atoms with Crippen LogP contribution in [0.25, 0.3) is 0 Å². The van der Waals surface area contributed by atoms with Gasteiger partial charge in [0.05, 0.1) is 0 Å². The summed E-state index contributed by atoms with van der Waals surface area (Å²) in [6.07, 6.45) is 1.74. The molecule has 2 rings (SSSR count). The van der Waals surface area contributed by atoms with E-state index in [1.54, 1.807) is 6.20 Å². The molecule has 0 saturated heterocycles. The third-order valence-corrected chi connectivity index (χ3v) is 2.89. The van der Waals surface area contributed by atoms with E-state index in [1.807, 2.05) is 56.6 Å². The summed E-state index contributed by atoms with van der Waals surface area (Å²) in [5.74, 6) is 0.763. The Kier molecular flexibility index (Phi) is 3.89. The summed E-state index contributed by atoms with van der Waals surface area (Å²) in [6.45, 7) is 0. The van der Waals surface area contributed by atoms with Crippen molar-refractivity contribution in [3.05, 3.63) is 54.2 Å². The number of anilines is 2. The highest BCUT2D eigenvalue weighted by atomic mass is 32.1. The minimum atomic E-state index is 0.680. The lowest BCUT2D eigenvalue weighted by molar-refractivity contribution is 1.13. The quantitative estimate of drug-likeness (QED) is 0.856. The summed E-state index contributed by atoms with van der Waals surface area (Å²) in [5, 5.41) is 3.11. The lowest BCUT2D eigenvalue weighted by Crippen LogP contribution is -2.12. The molecule has 1 heterocycles. The Bertz CT molecular complexity index is 520. The topological polar surface area (TPSA) is 28.2 Å². The van der Waals surface area contributed by atoms with E-state index in [0.29, 0.717) is 4.99 Å². The fraction of sp³-hybridized carbons (Fsp3) is 0.143. The standard InChI is InChI=1S/C14H15N3S/c1-17(2)12-8-6-11(7-9-12)14(18)16-13-5-3-4-10-15-13/h3-10H,1-2H3,(H,15,16,18). The molecule has 0 aliphatic carbocycles. The van der Waals surface area contributed by atoms with Gasteiger partial charge in [-0.25, -0.2) is 4.98 Å². The molecular formula is C14H15N3S. The highest BCUT2D eigenvalue weighted by Crippen LogP contribution is 2.13. The number of nitrogens with zero attached hydrogens (tertiary/aromatic N) is 2. The molecule has 3 nitrogen and oxygen atoms in total. The zero-order valence-electron chi connectivity index (χ0n) is 10.4. The molecule has 1 aromatic carbocycles. The first-order chi connectivity index (χ1) is 8.66. The second-order valence-electron chi connectivity index (χ2n) is 4.11. The molecule has 4 heteroatoms. The van der Waals surface area contributed by atoms with Crippen LogP contribution in [0.4, 0.5) is 11.5 Å². The Morgan fingerprint density at radius 3 is 2.39 bits per heavy atom. The van der Waals surface area contributed by atoms with E-state index in [1.165, 1.54) is 0 Å². The van der Waals surface area contributed by atoms with Crippen molar-refractivity contribution in [2.24, 2.45) is 0 Å². The molecule has 2 aromatic rings. The van der Waals surface area contributed by atoms with Crippen molar-refractivity contribution in [3.8, 4) is 0 Å². The number of benzene rings is 1. The first kappa shape index (κ1) is 12.5. The van der Waals surface area contributed by atoms with Crippen molar-refractivity contribution in [3.63, 3.8) is 0 Å². The fourth-order valence-corrected chi connectivity index (χ4v) is 1.78. The molecule has 0 unspecified atom stereocenters. The maximum Gasteiger partial charge on any atom is 0.130 e. The molecule has 0 bridgehead atoms. The normalized spacial score (nSPS) is 9.89. The van der Waals surface area contributed by atoms with Gasteiger partial charge in [-0.1, -0.05) is 18.3 Å². The largest absolute Gasteiger partial charge is 0.378 e. The van der Waals surface area contributed by atoms with Crippen molar-refractivity contribution in [2.75, 3.05) is 24.3 Å². The molecule has 0 saturated carbocycles. The maximum atomic E-state index is 5.35. The molecule has 0 amide bonds. The van der Waals surface area contributed by atoms with Crippen molar-refractivity contribution >= 4 is 28.7 Å². The summed E-state index contributed by atoms with van der Waals surface area (Å²) in [5.41, 5.74) is 2.14. The van der Waals surface area contributed by atoms with Gasteiger partial charge in [0.1, 0.15) is 10.8 Å². The molecular weight excluding hydrogens is 242 g/mol. The predicted molar refractivity (Wildman–Crippen MR) is 80.3 cm³/mol. The summed E-state index contributed by atoms with van der Waals surface area (Å²) in [7, 11) is 4.03. The van der Waals surface area contributed by atoms with Crippen LogP contribution in [0, 0.1) is 0 Å². The van der Waals surface area contributed by atoms with Gasteiger partial charge < -0.3 is 10.2 Å².